The lowest BCUT2D eigenvalue weighted by atomic mass is 10.3. The highest BCUT2D eigenvalue weighted by atomic mass is 35.5. The highest BCUT2D eigenvalue weighted by Gasteiger charge is 2.01. The van der Waals surface area contributed by atoms with Crippen LogP contribution in [0, 0.1) is 0 Å². The normalized spacial score (nSPS) is 10.2. The van der Waals surface area contributed by atoms with Gasteiger partial charge >= 0.3 is 0 Å². The van der Waals surface area contributed by atoms with Gasteiger partial charge in [-0.25, -0.2) is 0 Å². The van der Waals surface area contributed by atoms with E-state index in [-0.39, 0.29) is 0 Å². The van der Waals surface area contributed by atoms with Crippen molar-refractivity contribution in [2.24, 2.45) is 0 Å². The zero-order valence-electron chi connectivity index (χ0n) is 10.7. The van der Waals surface area contributed by atoms with E-state index in [0.29, 0.717) is 16.8 Å². The van der Waals surface area contributed by atoms with Crippen molar-refractivity contribution in [1.82, 2.24) is 15.2 Å². The first-order valence-electron chi connectivity index (χ1n) is 6.24. The van der Waals surface area contributed by atoms with Crippen molar-refractivity contribution in [2.45, 2.75) is 19.8 Å². The molecule has 1 aromatic carbocycles. The molecular weight excluding hydrogens is 262 g/mol. The monoisotopic (exact) mass is 277 g/mol. The quantitative estimate of drug-likeness (QED) is 0.792. The molecule has 0 spiro atoms. The molecule has 0 aliphatic heterocycles. The number of unbranched alkanes of at least 4 members (excludes halogenated alkanes) is 1. The Morgan fingerprint density at radius 1 is 1.32 bits per heavy atom. The third-order valence-electron chi connectivity index (χ3n) is 2.48. The Labute approximate surface area is 117 Å². The van der Waals surface area contributed by atoms with Crippen LogP contribution in [0.15, 0.2) is 30.5 Å². The molecule has 0 unspecified atom stereocenters. The maximum atomic E-state index is 5.92. The van der Waals surface area contributed by atoms with E-state index in [4.69, 9.17) is 11.6 Å². The molecule has 0 amide bonds. The van der Waals surface area contributed by atoms with E-state index in [2.05, 4.69) is 32.7 Å². The number of anilines is 3. The smallest absolute Gasteiger partial charge is 0.249 e. The molecule has 0 aliphatic rings. The van der Waals surface area contributed by atoms with Crippen LogP contribution in [-0.2, 0) is 0 Å². The molecule has 0 aliphatic carbocycles. The van der Waals surface area contributed by atoms with Crippen LogP contribution in [0.2, 0.25) is 5.02 Å². The van der Waals surface area contributed by atoms with Gasteiger partial charge in [-0.1, -0.05) is 31.0 Å². The molecule has 0 atom stereocenters. The number of aromatic nitrogens is 3. The summed E-state index contributed by atoms with van der Waals surface area (Å²) < 4.78 is 0. The average molecular weight is 278 g/mol. The van der Waals surface area contributed by atoms with Gasteiger partial charge in [-0.2, -0.15) is 10.1 Å². The van der Waals surface area contributed by atoms with Crippen molar-refractivity contribution in [2.75, 3.05) is 17.2 Å². The molecule has 100 valence electrons. The maximum absolute atomic E-state index is 5.92. The summed E-state index contributed by atoms with van der Waals surface area (Å²) in [5.41, 5.74) is 0.833. The fourth-order valence-electron chi connectivity index (χ4n) is 1.53. The Hall–Kier alpha value is -1.88. The van der Waals surface area contributed by atoms with Gasteiger partial charge in [0.2, 0.25) is 5.95 Å². The number of nitrogens with one attached hydrogen (secondary N) is 2. The predicted molar refractivity (Wildman–Crippen MR) is 78.0 cm³/mol. The maximum Gasteiger partial charge on any atom is 0.249 e. The van der Waals surface area contributed by atoms with E-state index in [1.165, 1.54) is 0 Å². The highest BCUT2D eigenvalue weighted by Crippen LogP contribution is 2.18. The number of halogens is 1. The minimum atomic E-state index is 0.448. The first kappa shape index (κ1) is 13.5. The van der Waals surface area contributed by atoms with Crippen molar-refractivity contribution < 1.29 is 0 Å². The van der Waals surface area contributed by atoms with Gasteiger partial charge in [-0.05, 0) is 24.6 Å². The van der Waals surface area contributed by atoms with E-state index >= 15 is 0 Å². The summed E-state index contributed by atoms with van der Waals surface area (Å²) in [5, 5.41) is 14.8. The fourth-order valence-corrected chi connectivity index (χ4v) is 1.72. The van der Waals surface area contributed by atoms with Crippen LogP contribution in [0.25, 0.3) is 0 Å². The fraction of sp³-hybridized carbons (Fsp3) is 0.308. The molecule has 0 saturated carbocycles. The molecule has 2 N–H and O–H groups in total. The molecule has 19 heavy (non-hydrogen) atoms. The van der Waals surface area contributed by atoms with Gasteiger partial charge < -0.3 is 10.6 Å². The SMILES string of the molecule is CCCCNc1cnnc(Nc2cccc(Cl)c2)n1. The average Bonchev–Trinajstić information content (AvgIpc) is 2.39. The number of hydrogen-bond acceptors (Lipinski definition) is 5. The van der Waals surface area contributed by atoms with Crippen LogP contribution in [0.1, 0.15) is 19.8 Å². The second-order valence-electron chi connectivity index (χ2n) is 4.08. The highest BCUT2D eigenvalue weighted by molar-refractivity contribution is 6.30. The summed E-state index contributed by atoms with van der Waals surface area (Å²) in [5.74, 6) is 1.16. The zero-order chi connectivity index (χ0) is 13.5. The molecule has 1 aromatic heterocycles. The van der Waals surface area contributed by atoms with E-state index in [0.717, 1.165) is 25.1 Å². The third-order valence-corrected chi connectivity index (χ3v) is 2.71. The molecule has 1 heterocycles. The molecule has 2 aromatic rings. The molecule has 0 bridgehead atoms. The van der Waals surface area contributed by atoms with Crippen LogP contribution in [0.4, 0.5) is 17.5 Å². The van der Waals surface area contributed by atoms with Gasteiger partial charge in [0, 0.05) is 17.3 Å². The van der Waals surface area contributed by atoms with Crippen LogP contribution >= 0.6 is 11.6 Å². The molecule has 0 radical (unpaired) electrons. The molecule has 0 fully saturated rings. The summed E-state index contributed by atoms with van der Waals surface area (Å²) in [6.07, 6.45) is 3.85. The van der Waals surface area contributed by atoms with E-state index in [9.17, 15) is 0 Å². The Morgan fingerprint density at radius 3 is 3.00 bits per heavy atom. The summed E-state index contributed by atoms with van der Waals surface area (Å²) >= 11 is 5.92. The van der Waals surface area contributed by atoms with Crippen LogP contribution in [0.3, 0.4) is 0 Å². The number of benzene rings is 1. The predicted octanol–water partition coefficient (Wildman–Crippen LogP) is 3.48. The second kappa shape index (κ2) is 6.89. The Balaban J connectivity index is 2.02. The van der Waals surface area contributed by atoms with Gasteiger partial charge in [-0.3, -0.25) is 0 Å². The second-order valence-corrected chi connectivity index (χ2v) is 4.52. The van der Waals surface area contributed by atoms with Crippen molar-refractivity contribution in [3.8, 4) is 0 Å². The summed E-state index contributed by atoms with van der Waals surface area (Å²) in [4.78, 5) is 4.33. The van der Waals surface area contributed by atoms with Gasteiger partial charge in [0.15, 0.2) is 5.82 Å². The molecule has 5 nitrogen and oxygen atoms in total. The molecule has 2 rings (SSSR count). The molecule has 6 heteroatoms. The Kier molecular flexibility index (Phi) is 4.92. The number of hydrogen-bond donors (Lipinski definition) is 2. The third kappa shape index (κ3) is 4.37. The number of rotatable bonds is 6. The summed E-state index contributed by atoms with van der Waals surface area (Å²) in [6, 6.07) is 7.38. The van der Waals surface area contributed by atoms with Gasteiger partial charge in [-0.15, -0.1) is 5.10 Å². The lowest BCUT2D eigenvalue weighted by Crippen LogP contribution is -2.06. The summed E-state index contributed by atoms with van der Waals surface area (Å²) in [6.45, 7) is 3.03. The Bertz CT molecular complexity index is 532. The Morgan fingerprint density at radius 2 is 2.21 bits per heavy atom. The van der Waals surface area contributed by atoms with Gasteiger partial charge in [0.05, 0.1) is 6.20 Å². The van der Waals surface area contributed by atoms with Gasteiger partial charge in [0.25, 0.3) is 0 Å². The molecule has 0 saturated heterocycles. The largest absolute Gasteiger partial charge is 0.369 e. The van der Waals surface area contributed by atoms with E-state index in [1.54, 1.807) is 6.20 Å². The van der Waals surface area contributed by atoms with Crippen molar-refractivity contribution in [3.63, 3.8) is 0 Å². The van der Waals surface area contributed by atoms with E-state index < -0.39 is 0 Å². The lowest BCUT2D eigenvalue weighted by molar-refractivity contribution is 0.827. The summed E-state index contributed by atoms with van der Waals surface area (Å²) in [7, 11) is 0. The topological polar surface area (TPSA) is 62.7 Å². The standard InChI is InChI=1S/C13H16ClN5/c1-2-3-7-15-12-9-16-19-13(18-12)17-11-6-4-5-10(14)8-11/h4-6,8-9H,2-3,7H2,1H3,(H2,15,17,18,19). The van der Waals surface area contributed by atoms with Crippen molar-refractivity contribution in [1.29, 1.82) is 0 Å². The van der Waals surface area contributed by atoms with E-state index in [1.807, 2.05) is 24.3 Å². The van der Waals surface area contributed by atoms with Crippen molar-refractivity contribution in [3.05, 3.63) is 35.5 Å². The first-order valence-corrected chi connectivity index (χ1v) is 6.62. The van der Waals surface area contributed by atoms with Crippen LogP contribution in [-0.4, -0.2) is 21.7 Å². The van der Waals surface area contributed by atoms with Crippen molar-refractivity contribution >= 4 is 29.1 Å². The first-order chi connectivity index (χ1) is 9.28. The zero-order valence-corrected chi connectivity index (χ0v) is 11.5. The van der Waals surface area contributed by atoms with Gasteiger partial charge in [0.1, 0.15) is 0 Å². The molecular formula is C13H16ClN5. The van der Waals surface area contributed by atoms with Crippen LogP contribution < -0.4 is 10.6 Å². The number of nitrogens with zero attached hydrogens (tertiary/aromatic N) is 3. The minimum Gasteiger partial charge on any atom is -0.369 e. The van der Waals surface area contributed by atoms with Crippen LogP contribution in [0.5, 0.6) is 0 Å². The lowest BCUT2D eigenvalue weighted by Gasteiger charge is -2.07. The minimum absolute atomic E-state index is 0.448.